The molecule has 1 aliphatic rings. The number of nitrogens with one attached hydrogen (secondary N) is 1. The van der Waals surface area contributed by atoms with Gasteiger partial charge in [0.05, 0.1) is 0 Å². The third-order valence-electron chi connectivity index (χ3n) is 4.26. The number of benzene rings is 1. The van der Waals surface area contributed by atoms with Crippen LogP contribution in [0.15, 0.2) is 24.3 Å². The van der Waals surface area contributed by atoms with Crippen LogP contribution in [0.1, 0.15) is 31.2 Å². The van der Waals surface area contributed by atoms with Gasteiger partial charge in [0.15, 0.2) is 0 Å². The fourth-order valence-electron chi connectivity index (χ4n) is 2.89. The SMILES string of the molecule is CN(C)CCOc1cccc(CNC(=O)C2CCCC(N)C2)c1.Cl.Cl. The van der Waals surface area contributed by atoms with Crippen molar-refractivity contribution in [1.29, 1.82) is 0 Å². The van der Waals surface area contributed by atoms with Crippen molar-refractivity contribution in [2.75, 3.05) is 27.2 Å². The van der Waals surface area contributed by atoms with Gasteiger partial charge >= 0.3 is 0 Å². The van der Waals surface area contributed by atoms with Crippen molar-refractivity contribution in [3.63, 3.8) is 0 Å². The van der Waals surface area contributed by atoms with Gasteiger partial charge in [-0.15, -0.1) is 24.8 Å². The van der Waals surface area contributed by atoms with Gasteiger partial charge in [0.2, 0.25) is 5.91 Å². The Labute approximate surface area is 163 Å². The van der Waals surface area contributed by atoms with E-state index < -0.39 is 0 Å². The predicted molar refractivity (Wildman–Crippen MR) is 107 cm³/mol. The van der Waals surface area contributed by atoms with Crippen LogP contribution in [-0.4, -0.2) is 44.1 Å². The van der Waals surface area contributed by atoms with Gasteiger partial charge in [-0.3, -0.25) is 4.79 Å². The maximum atomic E-state index is 12.2. The molecule has 1 aliphatic carbocycles. The molecule has 25 heavy (non-hydrogen) atoms. The Kier molecular flexibility index (Phi) is 11.9. The average molecular weight is 392 g/mol. The summed E-state index contributed by atoms with van der Waals surface area (Å²) in [5.74, 6) is 1.04. The Morgan fingerprint density at radius 3 is 2.76 bits per heavy atom. The molecule has 144 valence electrons. The lowest BCUT2D eigenvalue weighted by atomic mass is 9.85. The molecule has 0 bridgehead atoms. The molecule has 0 aliphatic heterocycles. The van der Waals surface area contributed by atoms with Crippen LogP contribution in [0.4, 0.5) is 0 Å². The minimum atomic E-state index is 0. The Morgan fingerprint density at radius 1 is 1.32 bits per heavy atom. The molecule has 0 saturated heterocycles. The fraction of sp³-hybridized carbons (Fsp3) is 0.611. The second-order valence-electron chi connectivity index (χ2n) is 6.64. The Bertz CT molecular complexity index is 515. The largest absolute Gasteiger partial charge is 0.492 e. The molecule has 2 atom stereocenters. The molecular weight excluding hydrogens is 361 g/mol. The van der Waals surface area contributed by atoms with Crippen LogP contribution < -0.4 is 15.8 Å². The quantitative estimate of drug-likeness (QED) is 0.749. The van der Waals surface area contributed by atoms with E-state index in [1.807, 2.05) is 38.4 Å². The van der Waals surface area contributed by atoms with Crippen LogP contribution >= 0.6 is 24.8 Å². The molecule has 3 N–H and O–H groups in total. The lowest BCUT2D eigenvalue weighted by Gasteiger charge is -2.25. The van der Waals surface area contributed by atoms with Crippen molar-refractivity contribution in [2.45, 2.75) is 38.3 Å². The van der Waals surface area contributed by atoms with Crippen molar-refractivity contribution in [1.82, 2.24) is 10.2 Å². The summed E-state index contributed by atoms with van der Waals surface area (Å²) >= 11 is 0. The molecule has 1 aromatic rings. The zero-order chi connectivity index (χ0) is 16.7. The molecule has 0 heterocycles. The molecule has 0 radical (unpaired) electrons. The first-order chi connectivity index (χ1) is 11.0. The van der Waals surface area contributed by atoms with Crippen LogP contribution in [-0.2, 0) is 11.3 Å². The molecule has 2 rings (SSSR count). The van der Waals surface area contributed by atoms with Gasteiger partial charge in [-0.25, -0.2) is 0 Å². The second kappa shape index (κ2) is 12.4. The van der Waals surface area contributed by atoms with Crippen molar-refractivity contribution >= 4 is 30.7 Å². The number of hydrogen-bond acceptors (Lipinski definition) is 4. The Hall–Kier alpha value is -1.01. The zero-order valence-corrected chi connectivity index (χ0v) is 16.7. The number of rotatable bonds is 7. The first-order valence-corrected chi connectivity index (χ1v) is 8.44. The highest BCUT2D eigenvalue weighted by Gasteiger charge is 2.24. The van der Waals surface area contributed by atoms with E-state index in [1.165, 1.54) is 0 Å². The van der Waals surface area contributed by atoms with Gasteiger partial charge in [0, 0.05) is 25.0 Å². The Balaban J connectivity index is 0.00000288. The lowest BCUT2D eigenvalue weighted by Crippen LogP contribution is -2.37. The van der Waals surface area contributed by atoms with Crippen LogP contribution in [0, 0.1) is 5.92 Å². The number of halogens is 2. The first kappa shape index (κ1) is 24.0. The maximum Gasteiger partial charge on any atom is 0.223 e. The molecule has 1 amide bonds. The van der Waals surface area contributed by atoms with Gasteiger partial charge in [0.25, 0.3) is 0 Å². The van der Waals surface area contributed by atoms with E-state index in [0.29, 0.717) is 13.2 Å². The molecule has 0 aromatic heterocycles. The number of nitrogens with two attached hydrogens (primary N) is 1. The van der Waals surface area contributed by atoms with E-state index in [0.717, 1.165) is 43.5 Å². The summed E-state index contributed by atoms with van der Waals surface area (Å²) in [5, 5.41) is 3.03. The summed E-state index contributed by atoms with van der Waals surface area (Å²) in [5.41, 5.74) is 7.01. The van der Waals surface area contributed by atoms with E-state index in [2.05, 4.69) is 10.2 Å². The highest BCUT2D eigenvalue weighted by Crippen LogP contribution is 2.23. The van der Waals surface area contributed by atoms with E-state index in [9.17, 15) is 4.79 Å². The van der Waals surface area contributed by atoms with Gasteiger partial charge in [-0.05, 0) is 51.1 Å². The summed E-state index contributed by atoms with van der Waals surface area (Å²) in [4.78, 5) is 14.3. The highest BCUT2D eigenvalue weighted by atomic mass is 35.5. The maximum absolute atomic E-state index is 12.2. The van der Waals surface area contributed by atoms with Crippen molar-refractivity contribution in [3.05, 3.63) is 29.8 Å². The summed E-state index contributed by atoms with van der Waals surface area (Å²) < 4.78 is 5.72. The molecule has 1 aromatic carbocycles. The minimum absolute atomic E-state index is 0. The number of likely N-dealkylation sites (N-methyl/N-ethyl adjacent to an activating group) is 1. The molecule has 1 fully saturated rings. The Morgan fingerprint density at radius 2 is 2.08 bits per heavy atom. The smallest absolute Gasteiger partial charge is 0.223 e. The highest BCUT2D eigenvalue weighted by molar-refractivity contribution is 5.85. The molecular formula is C18H31Cl2N3O2. The van der Waals surface area contributed by atoms with Crippen molar-refractivity contribution in [3.8, 4) is 5.75 Å². The molecule has 2 unspecified atom stereocenters. The van der Waals surface area contributed by atoms with Crippen LogP contribution in [0.25, 0.3) is 0 Å². The number of ether oxygens (including phenoxy) is 1. The zero-order valence-electron chi connectivity index (χ0n) is 15.1. The van der Waals surface area contributed by atoms with Crippen molar-refractivity contribution < 1.29 is 9.53 Å². The number of carbonyl (C=O) groups is 1. The molecule has 7 heteroatoms. The minimum Gasteiger partial charge on any atom is -0.492 e. The van der Waals surface area contributed by atoms with E-state index in [4.69, 9.17) is 10.5 Å². The standard InChI is InChI=1S/C18H29N3O2.2ClH/c1-21(2)9-10-23-17-8-3-5-14(11-17)13-20-18(22)15-6-4-7-16(19)12-15;;/h3,5,8,11,15-16H,4,6-7,9-10,12-13,19H2,1-2H3,(H,20,22);2*1H. The average Bonchev–Trinajstić information content (AvgIpc) is 2.52. The van der Waals surface area contributed by atoms with Gasteiger partial charge < -0.3 is 20.7 Å². The summed E-state index contributed by atoms with van der Waals surface area (Å²) in [7, 11) is 4.04. The van der Waals surface area contributed by atoms with Crippen LogP contribution in [0.5, 0.6) is 5.75 Å². The van der Waals surface area contributed by atoms with Gasteiger partial charge in [-0.2, -0.15) is 0 Å². The fourth-order valence-corrected chi connectivity index (χ4v) is 2.89. The lowest BCUT2D eigenvalue weighted by molar-refractivity contribution is -0.126. The topological polar surface area (TPSA) is 67.6 Å². The van der Waals surface area contributed by atoms with Crippen molar-refractivity contribution in [2.24, 2.45) is 11.7 Å². The normalized spacial score (nSPS) is 19.5. The summed E-state index contributed by atoms with van der Waals surface area (Å²) in [6, 6.07) is 8.08. The van der Waals surface area contributed by atoms with E-state index in [-0.39, 0.29) is 42.7 Å². The number of hydrogen-bond donors (Lipinski definition) is 2. The number of carbonyl (C=O) groups excluding carboxylic acids is 1. The monoisotopic (exact) mass is 391 g/mol. The van der Waals surface area contributed by atoms with Crippen LogP contribution in [0.2, 0.25) is 0 Å². The third-order valence-corrected chi connectivity index (χ3v) is 4.26. The third kappa shape index (κ3) is 8.77. The van der Waals surface area contributed by atoms with E-state index in [1.54, 1.807) is 0 Å². The van der Waals surface area contributed by atoms with Gasteiger partial charge in [-0.1, -0.05) is 18.6 Å². The van der Waals surface area contributed by atoms with Gasteiger partial charge in [0.1, 0.15) is 12.4 Å². The summed E-state index contributed by atoms with van der Waals surface area (Å²) in [6.07, 6.45) is 3.84. The number of amides is 1. The molecule has 5 nitrogen and oxygen atoms in total. The number of nitrogens with zero attached hydrogens (tertiary/aromatic N) is 1. The van der Waals surface area contributed by atoms with Crippen LogP contribution in [0.3, 0.4) is 0 Å². The molecule has 0 spiro atoms. The second-order valence-corrected chi connectivity index (χ2v) is 6.64. The van der Waals surface area contributed by atoms with E-state index >= 15 is 0 Å². The summed E-state index contributed by atoms with van der Waals surface area (Å²) in [6.45, 7) is 2.07. The molecule has 1 saturated carbocycles. The first-order valence-electron chi connectivity index (χ1n) is 8.44. The predicted octanol–water partition coefficient (Wildman–Crippen LogP) is 2.60.